The first-order chi connectivity index (χ1) is 14.9. The van der Waals surface area contributed by atoms with E-state index in [1.54, 1.807) is 4.68 Å². The molecule has 0 atom stereocenters. The van der Waals surface area contributed by atoms with Crippen LogP contribution in [0, 0.1) is 11.6 Å². The number of esters is 1. The quantitative estimate of drug-likeness (QED) is 0.474. The molecule has 0 bridgehead atoms. The second-order valence-electron chi connectivity index (χ2n) is 7.21. The fraction of sp³-hybridized carbons (Fsp3) is 0.476. The predicted octanol–water partition coefficient (Wildman–Crippen LogP) is 2.07. The van der Waals surface area contributed by atoms with E-state index >= 15 is 0 Å². The van der Waals surface area contributed by atoms with Gasteiger partial charge in [-0.25, -0.2) is 18.3 Å². The first kappa shape index (κ1) is 22.8. The number of nitrogen functional groups attached to an aromatic ring is 1. The first-order valence-electron chi connectivity index (χ1n) is 10.2. The van der Waals surface area contributed by atoms with Gasteiger partial charge in [0.05, 0.1) is 24.5 Å². The van der Waals surface area contributed by atoms with Crippen LogP contribution < -0.4 is 5.73 Å². The van der Waals surface area contributed by atoms with Crippen LogP contribution in [0.4, 0.5) is 14.6 Å². The highest BCUT2D eigenvalue weighted by Gasteiger charge is 2.24. The van der Waals surface area contributed by atoms with Crippen LogP contribution in [0.2, 0.25) is 0 Å². The summed E-state index contributed by atoms with van der Waals surface area (Å²) in [4.78, 5) is 27.0. The third-order valence-corrected chi connectivity index (χ3v) is 5.12. The lowest BCUT2D eigenvalue weighted by atomic mass is 10.1. The van der Waals surface area contributed by atoms with Crippen molar-refractivity contribution in [2.24, 2.45) is 0 Å². The van der Waals surface area contributed by atoms with Crippen molar-refractivity contribution in [3.63, 3.8) is 0 Å². The van der Waals surface area contributed by atoms with E-state index in [2.05, 4.69) is 10.00 Å². The van der Waals surface area contributed by atoms with Crippen molar-refractivity contribution < 1.29 is 27.8 Å². The fourth-order valence-corrected chi connectivity index (χ4v) is 3.43. The lowest BCUT2D eigenvalue weighted by molar-refractivity contribution is 0.0368. The Bertz CT molecular complexity index is 942. The number of halogens is 2. The predicted molar refractivity (Wildman–Crippen MR) is 109 cm³/mol. The smallest absolute Gasteiger partial charge is 0.344 e. The molecule has 2 N–H and O–H groups in total. The molecule has 1 aromatic carbocycles. The summed E-state index contributed by atoms with van der Waals surface area (Å²) in [6.07, 6.45) is 1.25. The Morgan fingerprint density at radius 1 is 1.23 bits per heavy atom. The van der Waals surface area contributed by atoms with Gasteiger partial charge in [-0.15, -0.1) is 0 Å². The molecule has 3 rings (SSSR count). The Hall–Kier alpha value is -2.85. The molecule has 1 fully saturated rings. The molecule has 2 aromatic rings. The number of ketones is 1. The second-order valence-corrected chi connectivity index (χ2v) is 7.21. The van der Waals surface area contributed by atoms with Crippen molar-refractivity contribution in [2.75, 3.05) is 45.2 Å². The molecule has 1 aliphatic heterocycles. The maximum absolute atomic E-state index is 13.7. The van der Waals surface area contributed by atoms with Gasteiger partial charge in [0.15, 0.2) is 6.61 Å². The lowest BCUT2D eigenvalue weighted by Crippen LogP contribution is -2.37. The normalized spacial score (nSPS) is 14.5. The number of aryl methyl sites for hydroxylation is 2. The van der Waals surface area contributed by atoms with Crippen LogP contribution in [-0.4, -0.2) is 65.9 Å². The molecule has 0 radical (unpaired) electrons. The lowest BCUT2D eigenvalue weighted by Gasteiger charge is -2.26. The first-order valence-corrected chi connectivity index (χ1v) is 10.2. The molecule has 168 valence electrons. The monoisotopic (exact) mass is 436 g/mol. The van der Waals surface area contributed by atoms with Crippen molar-refractivity contribution >= 4 is 17.6 Å². The third-order valence-electron chi connectivity index (χ3n) is 5.12. The van der Waals surface area contributed by atoms with Gasteiger partial charge in [-0.05, 0) is 25.0 Å². The molecule has 8 nitrogen and oxygen atoms in total. The number of nitrogens with two attached hydrogens (primary N) is 1. The summed E-state index contributed by atoms with van der Waals surface area (Å²) in [5, 5.41) is 4.40. The van der Waals surface area contributed by atoms with Gasteiger partial charge in [0.1, 0.15) is 23.0 Å². The van der Waals surface area contributed by atoms with Crippen molar-refractivity contribution in [3.8, 4) is 0 Å². The van der Waals surface area contributed by atoms with E-state index in [0.717, 1.165) is 51.4 Å². The number of hydrogen-bond acceptors (Lipinski definition) is 7. The average molecular weight is 436 g/mol. The van der Waals surface area contributed by atoms with Crippen LogP contribution in [0.3, 0.4) is 0 Å². The summed E-state index contributed by atoms with van der Waals surface area (Å²) < 4.78 is 38.7. The summed E-state index contributed by atoms with van der Waals surface area (Å²) in [5.74, 6) is -3.22. The van der Waals surface area contributed by atoms with Gasteiger partial charge in [-0.2, -0.15) is 5.10 Å². The summed E-state index contributed by atoms with van der Waals surface area (Å²) >= 11 is 0. The number of aromatic nitrogens is 2. The molecular formula is C21H26F2N4O4. The van der Waals surface area contributed by atoms with E-state index < -0.39 is 30.0 Å². The van der Waals surface area contributed by atoms with Crippen LogP contribution in [0.1, 0.15) is 39.8 Å². The van der Waals surface area contributed by atoms with E-state index in [1.165, 1.54) is 0 Å². The number of rotatable bonds is 9. The SMILES string of the molecule is CCc1nn(CCCN2CCOCC2)c(N)c1C(=O)OCC(=O)c1ccc(F)cc1F. The van der Waals surface area contributed by atoms with Gasteiger partial charge in [-0.3, -0.25) is 9.69 Å². The highest BCUT2D eigenvalue weighted by molar-refractivity contribution is 6.01. The minimum atomic E-state index is -1.01. The Morgan fingerprint density at radius 2 is 1.97 bits per heavy atom. The molecule has 0 aliphatic carbocycles. The summed E-state index contributed by atoms with van der Waals surface area (Å²) in [7, 11) is 0. The van der Waals surface area contributed by atoms with E-state index in [0.29, 0.717) is 24.7 Å². The van der Waals surface area contributed by atoms with Crippen LogP contribution in [0.15, 0.2) is 18.2 Å². The highest BCUT2D eigenvalue weighted by atomic mass is 19.1. The van der Waals surface area contributed by atoms with Gasteiger partial charge in [0.25, 0.3) is 0 Å². The van der Waals surface area contributed by atoms with Crippen LogP contribution in [-0.2, 0) is 22.4 Å². The molecule has 0 spiro atoms. The number of morpholine rings is 1. The molecule has 31 heavy (non-hydrogen) atoms. The molecule has 1 aromatic heterocycles. The zero-order valence-corrected chi connectivity index (χ0v) is 17.4. The van der Waals surface area contributed by atoms with Crippen LogP contribution >= 0.6 is 0 Å². The second kappa shape index (κ2) is 10.5. The van der Waals surface area contributed by atoms with Crippen molar-refractivity contribution in [2.45, 2.75) is 26.3 Å². The van der Waals surface area contributed by atoms with Crippen LogP contribution in [0.25, 0.3) is 0 Å². The minimum Gasteiger partial charge on any atom is -0.454 e. The Morgan fingerprint density at radius 3 is 2.65 bits per heavy atom. The zero-order chi connectivity index (χ0) is 22.4. The largest absolute Gasteiger partial charge is 0.454 e. The maximum atomic E-state index is 13.7. The van der Waals surface area contributed by atoms with Crippen LogP contribution in [0.5, 0.6) is 0 Å². The Kier molecular flexibility index (Phi) is 7.69. The van der Waals surface area contributed by atoms with Gasteiger partial charge in [0, 0.05) is 32.2 Å². The summed E-state index contributed by atoms with van der Waals surface area (Å²) in [6, 6.07) is 2.58. The van der Waals surface area contributed by atoms with Gasteiger partial charge in [0.2, 0.25) is 5.78 Å². The van der Waals surface area contributed by atoms with Gasteiger partial charge >= 0.3 is 5.97 Å². The van der Waals surface area contributed by atoms with E-state index in [4.69, 9.17) is 15.2 Å². The number of ether oxygens (including phenoxy) is 2. The Balaban J connectivity index is 1.61. The molecule has 0 saturated carbocycles. The van der Waals surface area contributed by atoms with Crippen molar-refractivity contribution in [1.82, 2.24) is 14.7 Å². The topological polar surface area (TPSA) is 99.7 Å². The molecule has 2 heterocycles. The van der Waals surface area contributed by atoms with Gasteiger partial charge in [-0.1, -0.05) is 6.92 Å². The van der Waals surface area contributed by atoms with Crippen molar-refractivity contribution in [1.29, 1.82) is 0 Å². The maximum Gasteiger partial charge on any atom is 0.344 e. The van der Waals surface area contributed by atoms with E-state index in [1.807, 2.05) is 6.92 Å². The number of benzene rings is 1. The molecule has 1 aliphatic rings. The van der Waals surface area contributed by atoms with Gasteiger partial charge < -0.3 is 15.2 Å². The summed E-state index contributed by atoms with van der Waals surface area (Å²) in [6.45, 7) is 5.75. The number of carbonyl (C=O) groups excluding carboxylic acids is 2. The molecule has 0 unspecified atom stereocenters. The van der Waals surface area contributed by atoms with Crippen molar-refractivity contribution in [3.05, 3.63) is 46.7 Å². The Labute approximate surface area is 178 Å². The molecule has 10 heteroatoms. The number of hydrogen-bond donors (Lipinski definition) is 1. The number of Topliss-reactive ketones (excluding diaryl/α,β-unsaturated/α-hetero) is 1. The zero-order valence-electron chi connectivity index (χ0n) is 17.4. The molecular weight excluding hydrogens is 410 g/mol. The van der Waals surface area contributed by atoms with E-state index in [-0.39, 0.29) is 16.9 Å². The highest BCUT2D eigenvalue weighted by Crippen LogP contribution is 2.20. The number of nitrogens with zero attached hydrogens (tertiary/aromatic N) is 3. The van der Waals surface area contributed by atoms with E-state index in [9.17, 15) is 18.4 Å². The average Bonchev–Trinajstić information content (AvgIpc) is 3.08. The summed E-state index contributed by atoms with van der Waals surface area (Å²) in [5.41, 5.74) is 6.37. The molecule has 1 saturated heterocycles. The number of carbonyl (C=O) groups is 2. The standard InChI is InChI=1S/C21H26F2N4O4/c1-2-17-19(20(24)27(25-17)7-3-6-26-8-10-30-11-9-26)21(29)31-13-18(28)15-5-4-14(22)12-16(15)23/h4-5,12H,2-3,6-11,13,24H2,1H3. The third kappa shape index (κ3) is 5.65. The fourth-order valence-electron chi connectivity index (χ4n) is 3.43. The number of anilines is 1. The minimum absolute atomic E-state index is 0.112. The molecule has 0 amide bonds.